The Morgan fingerprint density at radius 1 is 1.29 bits per heavy atom. The maximum absolute atomic E-state index is 5.33. The van der Waals surface area contributed by atoms with Gasteiger partial charge in [-0.15, -0.1) is 6.58 Å². The molecule has 0 saturated carbocycles. The molecule has 0 spiro atoms. The van der Waals surface area contributed by atoms with E-state index in [0.29, 0.717) is 11.8 Å². The third-order valence-electron chi connectivity index (χ3n) is 2.47. The Hall–Kier alpha value is -1.24. The Kier molecular flexibility index (Phi) is 3.75. The summed E-state index contributed by atoms with van der Waals surface area (Å²) >= 11 is 0. The van der Waals surface area contributed by atoms with Crippen LogP contribution in [0.15, 0.2) is 36.9 Å². The molecule has 1 heteroatoms. The molecule has 1 nitrogen and oxygen atoms in total. The predicted molar refractivity (Wildman–Crippen MR) is 60.8 cm³/mol. The van der Waals surface area contributed by atoms with E-state index >= 15 is 0 Å². The summed E-state index contributed by atoms with van der Waals surface area (Å²) in [6.07, 6.45) is 1.99. The number of benzene rings is 1. The summed E-state index contributed by atoms with van der Waals surface area (Å²) in [4.78, 5) is 0. The smallest absolute Gasteiger partial charge is 0.122 e. The van der Waals surface area contributed by atoms with Gasteiger partial charge in [-0.25, -0.2) is 0 Å². The first-order valence-electron chi connectivity index (χ1n) is 4.96. The summed E-state index contributed by atoms with van der Waals surface area (Å²) in [6.45, 7) is 8.26. The number of allylic oxidation sites excluding steroid dienone is 1. The molecule has 0 N–H and O–H groups in total. The molecule has 1 rings (SSSR count). The highest BCUT2D eigenvalue weighted by Gasteiger charge is 2.15. The molecule has 0 aromatic heterocycles. The minimum atomic E-state index is 0.367. The van der Waals surface area contributed by atoms with Gasteiger partial charge in [0.2, 0.25) is 0 Å². The van der Waals surface area contributed by atoms with Crippen molar-refractivity contribution in [1.29, 1.82) is 0 Å². The van der Waals surface area contributed by atoms with Crippen LogP contribution >= 0.6 is 0 Å². The van der Waals surface area contributed by atoms with E-state index in [-0.39, 0.29) is 0 Å². The van der Waals surface area contributed by atoms with E-state index in [0.717, 1.165) is 5.75 Å². The fourth-order valence-corrected chi connectivity index (χ4v) is 1.70. The van der Waals surface area contributed by atoms with Crippen LogP contribution in [-0.4, -0.2) is 7.11 Å². The zero-order valence-corrected chi connectivity index (χ0v) is 9.16. The van der Waals surface area contributed by atoms with Gasteiger partial charge in [0, 0.05) is 11.5 Å². The molecular formula is C13H18O. The van der Waals surface area contributed by atoms with Crippen molar-refractivity contribution in [3.8, 4) is 5.75 Å². The Balaban J connectivity index is 3.08. The van der Waals surface area contributed by atoms with Crippen LogP contribution in [0.2, 0.25) is 0 Å². The lowest BCUT2D eigenvalue weighted by Gasteiger charge is -2.19. The van der Waals surface area contributed by atoms with Gasteiger partial charge in [-0.3, -0.25) is 0 Å². The van der Waals surface area contributed by atoms with Crippen molar-refractivity contribution in [2.75, 3.05) is 7.11 Å². The summed E-state index contributed by atoms with van der Waals surface area (Å²) in [5, 5.41) is 0. The van der Waals surface area contributed by atoms with Gasteiger partial charge >= 0.3 is 0 Å². The van der Waals surface area contributed by atoms with Crippen LogP contribution < -0.4 is 4.74 Å². The lowest BCUT2D eigenvalue weighted by molar-refractivity contribution is 0.403. The normalized spacial score (nSPS) is 12.6. The largest absolute Gasteiger partial charge is 0.496 e. The first-order valence-corrected chi connectivity index (χ1v) is 4.96. The van der Waals surface area contributed by atoms with Crippen LogP contribution in [0, 0.1) is 5.92 Å². The monoisotopic (exact) mass is 190 g/mol. The lowest BCUT2D eigenvalue weighted by atomic mass is 9.88. The molecule has 0 bridgehead atoms. The molecule has 0 saturated heterocycles. The fourth-order valence-electron chi connectivity index (χ4n) is 1.70. The molecule has 1 atom stereocenters. The second-order valence-corrected chi connectivity index (χ2v) is 3.75. The molecule has 0 radical (unpaired) electrons. The zero-order valence-electron chi connectivity index (χ0n) is 9.16. The highest BCUT2D eigenvalue weighted by atomic mass is 16.5. The highest BCUT2D eigenvalue weighted by Crippen LogP contribution is 2.32. The minimum Gasteiger partial charge on any atom is -0.496 e. The van der Waals surface area contributed by atoms with E-state index in [1.807, 2.05) is 24.3 Å². The molecule has 0 unspecified atom stereocenters. The quantitative estimate of drug-likeness (QED) is 0.659. The first kappa shape index (κ1) is 10.8. The van der Waals surface area contributed by atoms with Crippen molar-refractivity contribution in [1.82, 2.24) is 0 Å². The fraction of sp³-hybridized carbons (Fsp3) is 0.385. The SMILES string of the molecule is C=C[C@H](c1ccccc1OC)C(C)C. The van der Waals surface area contributed by atoms with E-state index in [2.05, 4.69) is 26.5 Å². The van der Waals surface area contributed by atoms with Gasteiger partial charge in [0.25, 0.3) is 0 Å². The first-order chi connectivity index (χ1) is 6.70. The molecule has 0 aliphatic heterocycles. The van der Waals surface area contributed by atoms with E-state index < -0.39 is 0 Å². The molecule has 0 heterocycles. The Bertz CT molecular complexity index is 302. The maximum atomic E-state index is 5.33. The van der Waals surface area contributed by atoms with Crippen LogP contribution in [0.25, 0.3) is 0 Å². The number of para-hydroxylation sites is 1. The second-order valence-electron chi connectivity index (χ2n) is 3.75. The Morgan fingerprint density at radius 2 is 1.93 bits per heavy atom. The number of hydrogen-bond donors (Lipinski definition) is 0. The number of hydrogen-bond acceptors (Lipinski definition) is 1. The minimum absolute atomic E-state index is 0.367. The lowest BCUT2D eigenvalue weighted by Crippen LogP contribution is -2.05. The van der Waals surface area contributed by atoms with Gasteiger partial charge in [0.1, 0.15) is 5.75 Å². The van der Waals surface area contributed by atoms with Crippen molar-refractivity contribution >= 4 is 0 Å². The highest BCUT2D eigenvalue weighted by molar-refractivity contribution is 5.38. The van der Waals surface area contributed by atoms with Gasteiger partial charge in [-0.2, -0.15) is 0 Å². The van der Waals surface area contributed by atoms with Crippen LogP contribution in [-0.2, 0) is 0 Å². The van der Waals surface area contributed by atoms with Gasteiger partial charge in [-0.05, 0) is 12.0 Å². The van der Waals surface area contributed by atoms with Crippen LogP contribution in [0.3, 0.4) is 0 Å². The third-order valence-corrected chi connectivity index (χ3v) is 2.47. The van der Waals surface area contributed by atoms with Crippen molar-refractivity contribution in [2.45, 2.75) is 19.8 Å². The van der Waals surface area contributed by atoms with Crippen molar-refractivity contribution in [2.24, 2.45) is 5.92 Å². The van der Waals surface area contributed by atoms with Crippen molar-refractivity contribution in [3.05, 3.63) is 42.5 Å². The Morgan fingerprint density at radius 3 is 2.43 bits per heavy atom. The van der Waals surface area contributed by atoms with Gasteiger partial charge < -0.3 is 4.74 Å². The molecule has 0 aliphatic rings. The van der Waals surface area contributed by atoms with Crippen LogP contribution in [0.1, 0.15) is 25.3 Å². The number of methoxy groups -OCH3 is 1. The molecule has 0 amide bonds. The summed E-state index contributed by atoms with van der Waals surface area (Å²) < 4.78 is 5.33. The average Bonchev–Trinajstić information content (AvgIpc) is 2.19. The molecule has 0 aliphatic carbocycles. The summed E-state index contributed by atoms with van der Waals surface area (Å²) in [5.41, 5.74) is 1.22. The molecule has 14 heavy (non-hydrogen) atoms. The third kappa shape index (κ3) is 2.16. The van der Waals surface area contributed by atoms with E-state index in [1.54, 1.807) is 7.11 Å². The van der Waals surface area contributed by atoms with E-state index in [1.165, 1.54) is 5.56 Å². The maximum Gasteiger partial charge on any atom is 0.122 e. The summed E-state index contributed by atoms with van der Waals surface area (Å²) in [6, 6.07) is 8.12. The van der Waals surface area contributed by atoms with E-state index in [9.17, 15) is 0 Å². The molecule has 76 valence electrons. The van der Waals surface area contributed by atoms with E-state index in [4.69, 9.17) is 4.74 Å². The topological polar surface area (TPSA) is 9.23 Å². The van der Waals surface area contributed by atoms with Crippen LogP contribution in [0.5, 0.6) is 5.75 Å². The van der Waals surface area contributed by atoms with Gasteiger partial charge in [-0.1, -0.05) is 38.1 Å². The number of rotatable bonds is 4. The molecule has 1 aromatic rings. The molecular weight excluding hydrogens is 172 g/mol. The van der Waals surface area contributed by atoms with Gasteiger partial charge in [0.15, 0.2) is 0 Å². The van der Waals surface area contributed by atoms with Gasteiger partial charge in [0.05, 0.1) is 7.11 Å². The summed E-state index contributed by atoms with van der Waals surface area (Å²) in [5.74, 6) is 1.86. The molecule has 1 aromatic carbocycles. The number of ether oxygens (including phenoxy) is 1. The predicted octanol–water partition coefficient (Wildman–Crippen LogP) is 3.62. The second kappa shape index (κ2) is 4.85. The molecule has 0 fully saturated rings. The summed E-state index contributed by atoms with van der Waals surface area (Å²) in [7, 11) is 1.71. The van der Waals surface area contributed by atoms with Crippen LogP contribution in [0.4, 0.5) is 0 Å². The average molecular weight is 190 g/mol. The van der Waals surface area contributed by atoms with Crippen molar-refractivity contribution in [3.63, 3.8) is 0 Å². The van der Waals surface area contributed by atoms with Crippen molar-refractivity contribution < 1.29 is 4.74 Å². The zero-order chi connectivity index (χ0) is 10.6. The Labute approximate surface area is 86.4 Å². The standard InChI is InChI=1S/C13H18O/c1-5-11(10(2)3)12-8-6-7-9-13(12)14-4/h5-11H,1H2,2-4H3/t11-/m0/s1.